The van der Waals surface area contributed by atoms with Gasteiger partial charge in [-0.3, -0.25) is 0 Å². The molecule has 1 rings (SSSR count). The highest BCUT2D eigenvalue weighted by atomic mass is 32.2. The number of aryl methyl sites for hydroxylation is 1. The molecule has 1 unspecified atom stereocenters. The molecular formula is C8H15N3S2. The molecule has 0 radical (unpaired) electrons. The largest absolute Gasteiger partial charge is 0.316 e. The van der Waals surface area contributed by atoms with Gasteiger partial charge >= 0.3 is 0 Å². The molecular weight excluding hydrogens is 202 g/mol. The third-order valence-electron chi connectivity index (χ3n) is 1.49. The summed E-state index contributed by atoms with van der Waals surface area (Å²) in [6.45, 7) is 8.35. The van der Waals surface area contributed by atoms with Gasteiger partial charge in [-0.1, -0.05) is 36.9 Å². The van der Waals surface area contributed by atoms with Crippen LogP contribution in [0.5, 0.6) is 0 Å². The second kappa shape index (κ2) is 5.57. The van der Waals surface area contributed by atoms with E-state index in [-0.39, 0.29) is 0 Å². The minimum Gasteiger partial charge on any atom is -0.316 e. The molecule has 0 fully saturated rings. The third-order valence-corrected chi connectivity index (χ3v) is 3.52. The number of nitrogens with zero attached hydrogens (tertiary/aromatic N) is 2. The van der Waals surface area contributed by atoms with Crippen molar-refractivity contribution >= 4 is 23.1 Å². The molecule has 1 aromatic heterocycles. The predicted molar refractivity (Wildman–Crippen MR) is 58.5 cm³/mol. The van der Waals surface area contributed by atoms with Gasteiger partial charge in [0.25, 0.3) is 0 Å². The van der Waals surface area contributed by atoms with E-state index in [1.165, 1.54) is 0 Å². The molecule has 0 aliphatic rings. The number of aromatic nitrogens is 2. The van der Waals surface area contributed by atoms with Crippen LogP contribution in [0.2, 0.25) is 0 Å². The Balaban J connectivity index is 2.31. The molecule has 0 saturated heterocycles. The van der Waals surface area contributed by atoms with E-state index in [0.717, 1.165) is 22.4 Å². The van der Waals surface area contributed by atoms with E-state index >= 15 is 0 Å². The average Bonchev–Trinajstić information content (AvgIpc) is 2.48. The van der Waals surface area contributed by atoms with Crippen molar-refractivity contribution in [2.45, 2.75) is 30.4 Å². The first-order valence-electron chi connectivity index (χ1n) is 4.40. The predicted octanol–water partition coefficient (Wildman–Crippen LogP) is 1.94. The van der Waals surface area contributed by atoms with Crippen molar-refractivity contribution in [1.29, 1.82) is 0 Å². The molecule has 3 nitrogen and oxygen atoms in total. The summed E-state index contributed by atoms with van der Waals surface area (Å²) in [6, 6.07) is 0. The summed E-state index contributed by atoms with van der Waals surface area (Å²) < 4.78 is 1.07. The minimum absolute atomic E-state index is 0.562. The van der Waals surface area contributed by atoms with Crippen molar-refractivity contribution in [2.24, 2.45) is 0 Å². The van der Waals surface area contributed by atoms with Gasteiger partial charge in [0.1, 0.15) is 5.01 Å². The Kier molecular flexibility index (Phi) is 4.69. The van der Waals surface area contributed by atoms with Crippen LogP contribution in [-0.4, -0.2) is 28.5 Å². The van der Waals surface area contributed by atoms with Crippen LogP contribution in [0, 0.1) is 6.92 Å². The standard InChI is InChI=1S/C8H15N3S2/c1-4-9-5-6(2)12-8-11-10-7(3)13-8/h6,9H,4-5H2,1-3H3. The molecule has 1 aromatic rings. The highest BCUT2D eigenvalue weighted by molar-refractivity contribution is 8.01. The molecule has 0 aliphatic carbocycles. The molecule has 13 heavy (non-hydrogen) atoms. The normalized spacial score (nSPS) is 13.2. The molecule has 1 heterocycles. The van der Waals surface area contributed by atoms with Crippen LogP contribution in [0.1, 0.15) is 18.9 Å². The number of thioether (sulfide) groups is 1. The molecule has 1 N–H and O–H groups in total. The Morgan fingerprint density at radius 2 is 2.31 bits per heavy atom. The second-order valence-corrected chi connectivity index (χ2v) is 5.69. The van der Waals surface area contributed by atoms with Gasteiger partial charge < -0.3 is 5.32 Å². The van der Waals surface area contributed by atoms with E-state index in [1.807, 2.05) is 6.92 Å². The molecule has 0 aliphatic heterocycles. The lowest BCUT2D eigenvalue weighted by Gasteiger charge is -2.07. The Morgan fingerprint density at radius 1 is 1.54 bits per heavy atom. The van der Waals surface area contributed by atoms with Crippen molar-refractivity contribution in [2.75, 3.05) is 13.1 Å². The number of rotatable bonds is 5. The highest BCUT2D eigenvalue weighted by Crippen LogP contribution is 2.25. The number of hydrogen-bond acceptors (Lipinski definition) is 5. The monoisotopic (exact) mass is 217 g/mol. The first-order valence-corrected chi connectivity index (χ1v) is 6.09. The van der Waals surface area contributed by atoms with Crippen LogP contribution in [-0.2, 0) is 0 Å². The average molecular weight is 217 g/mol. The van der Waals surface area contributed by atoms with E-state index < -0.39 is 0 Å². The topological polar surface area (TPSA) is 37.8 Å². The first kappa shape index (κ1) is 10.9. The molecule has 1 atom stereocenters. The zero-order valence-electron chi connectivity index (χ0n) is 8.20. The minimum atomic E-state index is 0.562. The maximum atomic E-state index is 4.07. The summed E-state index contributed by atoms with van der Waals surface area (Å²) in [5, 5.41) is 13.0. The first-order chi connectivity index (χ1) is 6.22. The van der Waals surface area contributed by atoms with Crippen LogP contribution in [0.4, 0.5) is 0 Å². The maximum Gasteiger partial charge on any atom is 0.174 e. The van der Waals surface area contributed by atoms with Gasteiger partial charge in [0.2, 0.25) is 0 Å². The van der Waals surface area contributed by atoms with Crippen LogP contribution in [0.25, 0.3) is 0 Å². The van der Waals surface area contributed by atoms with Crippen molar-refractivity contribution in [3.05, 3.63) is 5.01 Å². The van der Waals surface area contributed by atoms with Crippen LogP contribution in [0.15, 0.2) is 4.34 Å². The van der Waals surface area contributed by atoms with Crippen molar-refractivity contribution in [3.8, 4) is 0 Å². The molecule has 74 valence electrons. The van der Waals surface area contributed by atoms with Gasteiger partial charge in [-0.15, -0.1) is 10.2 Å². The Morgan fingerprint density at radius 3 is 2.85 bits per heavy atom. The fraction of sp³-hybridized carbons (Fsp3) is 0.750. The number of nitrogens with one attached hydrogen (secondary N) is 1. The fourth-order valence-electron chi connectivity index (χ4n) is 0.887. The van der Waals surface area contributed by atoms with E-state index in [9.17, 15) is 0 Å². The lowest BCUT2D eigenvalue weighted by atomic mass is 10.5. The quantitative estimate of drug-likeness (QED) is 0.765. The highest BCUT2D eigenvalue weighted by Gasteiger charge is 2.07. The maximum absolute atomic E-state index is 4.07. The van der Waals surface area contributed by atoms with E-state index in [4.69, 9.17) is 0 Å². The summed E-state index contributed by atoms with van der Waals surface area (Å²) in [7, 11) is 0. The lowest BCUT2D eigenvalue weighted by Crippen LogP contribution is -2.21. The summed E-state index contributed by atoms with van der Waals surface area (Å²) in [5.74, 6) is 0. The summed E-state index contributed by atoms with van der Waals surface area (Å²) in [5.41, 5.74) is 0. The van der Waals surface area contributed by atoms with Gasteiger partial charge in [0.05, 0.1) is 0 Å². The van der Waals surface area contributed by atoms with Crippen molar-refractivity contribution in [1.82, 2.24) is 15.5 Å². The van der Waals surface area contributed by atoms with Gasteiger partial charge in [-0.05, 0) is 13.5 Å². The summed E-state index contributed by atoms with van der Waals surface area (Å²) in [6.07, 6.45) is 0. The zero-order chi connectivity index (χ0) is 9.68. The molecule has 0 spiro atoms. The van der Waals surface area contributed by atoms with Gasteiger partial charge in [0.15, 0.2) is 4.34 Å². The van der Waals surface area contributed by atoms with Gasteiger partial charge in [-0.2, -0.15) is 0 Å². The molecule has 0 bridgehead atoms. The van der Waals surface area contributed by atoms with Gasteiger partial charge in [0, 0.05) is 11.8 Å². The second-order valence-electron chi connectivity index (χ2n) is 2.82. The molecule has 0 amide bonds. The van der Waals surface area contributed by atoms with Crippen molar-refractivity contribution in [3.63, 3.8) is 0 Å². The fourth-order valence-corrected chi connectivity index (χ4v) is 2.98. The molecule has 0 saturated carbocycles. The molecule has 0 aromatic carbocycles. The number of hydrogen-bond donors (Lipinski definition) is 1. The van der Waals surface area contributed by atoms with Gasteiger partial charge in [-0.25, -0.2) is 0 Å². The van der Waals surface area contributed by atoms with E-state index in [2.05, 4.69) is 29.4 Å². The van der Waals surface area contributed by atoms with E-state index in [1.54, 1.807) is 23.1 Å². The SMILES string of the molecule is CCNCC(C)Sc1nnc(C)s1. The Bertz CT molecular complexity index is 249. The third kappa shape index (κ3) is 4.06. The lowest BCUT2D eigenvalue weighted by molar-refractivity contribution is 0.712. The zero-order valence-corrected chi connectivity index (χ0v) is 9.84. The van der Waals surface area contributed by atoms with Crippen molar-refractivity contribution < 1.29 is 0 Å². The van der Waals surface area contributed by atoms with Crippen LogP contribution in [0.3, 0.4) is 0 Å². The summed E-state index contributed by atoms with van der Waals surface area (Å²) >= 11 is 3.45. The Labute approximate surface area is 87.3 Å². The van der Waals surface area contributed by atoms with Crippen LogP contribution >= 0.6 is 23.1 Å². The Hall–Kier alpha value is -0.130. The molecule has 5 heteroatoms. The smallest absolute Gasteiger partial charge is 0.174 e. The van der Waals surface area contributed by atoms with E-state index in [0.29, 0.717) is 5.25 Å². The van der Waals surface area contributed by atoms with Crippen LogP contribution < -0.4 is 5.32 Å². The summed E-state index contributed by atoms with van der Waals surface area (Å²) in [4.78, 5) is 0.